The first-order valence-electron chi connectivity index (χ1n) is 7.33. The van der Waals surface area contributed by atoms with Crippen molar-refractivity contribution in [3.05, 3.63) is 106 Å². The molecule has 3 aliphatic carbocycles. The summed E-state index contributed by atoms with van der Waals surface area (Å²) in [5.74, 6) is -23.9. The summed E-state index contributed by atoms with van der Waals surface area (Å²) in [5.41, 5.74) is 3.07. The maximum absolute atomic E-state index is 12.0. The Kier molecular flexibility index (Phi) is 17.7. The molecule has 0 N–H and O–H groups in total. The van der Waals surface area contributed by atoms with E-state index in [1.165, 1.54) is 0 Å². The van der Waals surface area contributed by atoms with Crippen molar-refractivity contribution in [1.29, 1.82) is 0 Å². The van der Waals surface area contributed by atoms with Gasteiger partial charge in [0.25, 0.3) is 18.5 Å². The minimum atomic E-state index is -2.17. The van der Waals surface area contributed by atoms with E-state index in [4.69, 9.17) is 0 Å². The molecule has 0 heterocycles. The Bertz CT molecular complexity index is 1000. The van der Waals surface area contributed by atoms with Gasteiger partial charge in [0.05, 0.1) is 0 Å². The Morgan fingerprint density at radius 2 is 0.444 bits per heavy atom. The number of allylic oxidation sites excluding steroid dienone is 9. The van der Waals surface area contributed by atoms with Crippen LogP contribution in [0, 0.1) is 18.5 Å². The Labute approximate surface area is 229 Å². The summed E-state index contributed by atoms with van der Waals surface area (Å²) in [6.45, 7) is 0. The van der Waals surface area contributed by atoms with Crippen LogP contribution in [-0.4, -0.2) is 24.4 Å². The summed E-state index contributed by atoms with van der Waals surface area (Å²) in [5, 5.41) is 0. The molecule has 0 amide bonds. The van der Waals surface area contributed by atoms with Crippen LogP contribution in [0.1, 0.15) is 0 Å². The molecule has 0 nitrogen and oxygen atoms in total. The van der Waals surface area contributed by atoms with Gasteiger partial charge in [-0.3, -0.25) is 0 Å². The molecule has 0 aliphatic heterocycles. The van der Waals surface area contributed by atoms with Crippen LogP contribution >= 0.6 is 0 Å². The summed E-state index contributed by atoms with van der Waals surface area (Å²) >= 11 is 0. The van der Waals surface area contributed by atoms with E-state index in [1.54, 1.807) is 0 Å². The van der Waals surface area contributed by atoms with Crippen LogP contribution in [-0.2, 0) is 0 Å². The van der Waals surface area contributed by atoms with Gasteiger partial charge in [0, 0.05) is 24.4 Å². The topological polar surface area (TPSA) is 0 Å². The SMILES string of the molecule is F[C]1C(F)=C=C(F)C(F)=C1F.F[C]1C(F)=C=C(F)C(F)=C1F.F[C]1C(F)=C=C(F)C(F)=C1F.[Br-].[Br-].[Sb]. The van der Waals surface area contributed by atoms with E-state index < -0.39 is 88.4 Å². The summed E-state index contributed by atoms with van der Waals surface area (Å²) in [7, 11) is 0. The van der Waals surface area contributed by atoms with Crippen molar-refractivity contribution in [2.45, 2.75) is 0 Å². The van der Waals surface area contributed by atoms with E-state index in [-0.39, 0.29) is 58.4 Å². The quantitative estimate of drug-likeness (QED) is 0.202. The van der Waals surface area contributed by atoms with Gasteiger partial charge in [0.1, 0.15) is 0 Å². The third-order valence-electron chi connectivity index (χ3n) is 2.97. The van der Waals surface area contributed by atoms with Gasteiger partial charge in [0.2, 0.25) is 35.0 Å². The third kappa shape index (κ3) is 9.43. The largest absolute Gasteiger partial charge is 1.00 e. The van der Waals surface area contributed by atoms with Crippen molar-refractivity contribution in [3.63, 3.8) is 0 Å². The van der Waals surface area contributed by atoms with Gasteiger partial charge in [-0.2, -0.15) is 39.5 Å². The molecule has 6 radical (unpaired) electrons. The summed E-state index contributed by atoms with van der Waals surface area (Å²) < 4.78 is 180. The third-order valence-corrected chi connectivity index (χ3v) is 2.97. The van der Waals surface area contributed by atoms with Gasteiger partial charge in [-0.15, -0.1) is 0 Å². The predicted molar refractivity (Wildman–Crippen MR) is 84.8 cm³/mol. The maximum atomic E-state index is 12.0. The molecule has 18 heteroatoms. The standard InChI is InChI=1S/3C6F5.2BrH.Sb/c3*7-2-1-3(8)5(10)6(11)4(2)9;;;/h;;;2*1H;/p-2. The fourth-order valence-electron chi connectivity index (χ4n) is 1.49. The second-order valence-electron chi connectivity index (χ2n) is 5.08. The molecule has 0 fully saturated rings. The van der Waals surface area contributed by atoms with Gasteiger partial charge in [-0.1, -0.05) is 0 Å². The molecule has 0 aromatic carbocycles. The van der Waals surface area contributed by atoms with E-state index in [1.807, 2.05) is 0 Å². The fraction of sp³-hybridized carbons (Fsp3) is 0. The van der Waals surface area contributed by atoms with Gasteiger partial charge >= 0.3 is 0 Å². The minimum absolute atomic E-state index is 0. The zero-order valence-electron chi connectivity index (χ0n) is 15.9. The van der Waals surface area contributed by atoms with Crippen molar-refractivity contribution >= 4 is 24.4 Å². The van der Waals surface area contributed by atoms with Crippen LogP contribution < -0.4 is 34.0 Å². The Morgan fingerprint density at radius 3 is 0.611 bits per heavy atom. The molecule has 0 aromatic heterocycles. The molecular formula is C18Br2F15Sb-2. The molecule has 0 aromatic rings. The second-order valence-corrected chi connectivity index (χ2v) is 5.08. The van der Waals surface area contributed by atoms with E-state index in [9.17, 15) is 65.9 Å². The zero-order chi connectivity index (χ0) is 25.8. The van der Waals surface area contributed by atoms with Crippen LogP contribution in [0.5, 0.6) is 0 Å². The predicted octanol–water partition coefficient (Wildman–Crippen LogP) is 2.50. The van der Waals surface area contributed by atoms with Crippen molar-refractivity contribution in [2.75, 3.05) is 0 Å². The summed E-state index contributed by atoms with van der Waals surface area (Å²) in [6, 6.07) is 0. The normalized spacial score (nSPS) is 18.4. The molecule has 0 saturated carbocycles. The monoisotopic (exact) mass is 780 g/mol. The molecule has 36 heavy (non-hydrogen) atoms. The van der Waals surface area contributed by atoms with E-state index in [2.05, 4.69) is 0 Å². The van der Waals surface area contributed by atoms with E-state index in [0.29, 0.717) is 0 Å². The molecule has 0 atom stereocenters. The summed E-state index contributed by atoms with van der Waals surface area (Å²) in [6.07, 6.45) is -6.20. The first-order valence-corrected chi connectivity index (χ1v) is 7.33. The average Bonchev–Trinajstić information content (AvgIpc) is 2.77. The van der Waals surface area contributed by atoms with Crippen LogP contribution in [0.25, 0.3) is 0 Å². The van der Waals surface area contributed by atoms with E-state index >= 15 is 0 Å². The maximum Gasteiger partial charge on any atom is 0.270 e. The Hall–Kier alpha value is -1.49. The van der Waals surface area contributed by atoms with Gasteiger partial charge in [-0.05, 0) is 17.2 Å². The van der Waals surface area contributed by atoms with Crippen molar-refractivity contribution in [3.8, 4) is 0 Å². The molecule has 0 unspecified atom stereocenters. The van der Waals surface area contributed by atoms with E-state index in [0.717, 1.165) is 17.2 Å². The first kappa shape index (κ1) is 39.0. The van der Waals surface area contributed by atoms with Crippen LogP contribution in [0.2, 0.25) is 0 Å². The van der Waals surface area contributed by atoms with Gasteiger partial charge < -0.3 is 34.0 Å². The number of hydrogen-bond acceptors (Lipinski definition) is 0. The molecule has 3 rings (SSSR count). The van der Waals surface area contributed by atoms with Crippen LogP contribution in [0.3, 0.4) is 0 Å². The van der Waals surface area contributed by atoms with Crippen LogP contribution in [0.4, 0.5) is 65.9 Å². The molecule has 0 bridgehead atoms. The van der Waals surface area contributed by atoms with Crippen LogP contribution in [0.15, 0.2) is 87.1 Å². The smallest absolute Gasteiger partial charge is 0.270 e. The molecule has 0 saturated heterocycles. The minimum Gasteiger partial charge on any atom is -1.00 e. The van der Waals surface area contributed by atoms with Gasteiger partial charge in [0.15, 0.2) is 35.0 Å². The molecular weight excluding hydrogens is 783 g/mol. The molecule has 3 aliphatic rings. The average molecular weight is 783 g/mol. The molecule has 0 spiro atoms. The zero-order valence-corrected chi connectivity index (χ0v) is 21.6. The first-order chi connectivity index (χ1) is 15.1. The number of halogens is 17. The van der Waals surface area contributed by atoms with Crippen molar-refractivity contribution in [2.24, 2.45) is 0 Å². The number of rotatable bonds is 0. The Balaban J connectivity index is -0.000000436. The van der Waals surface area contributed by atoms with Crippen molar-refractivity contribution in [1.82, 2.24) is 0 Å². The summed E-state index contributed by atoms with van der Waals surface area (Å²) in [4.78, 5) is 0. The second kappa shape index (κ2) is 16.4. The fourth-order valence-corrected chi connectivity index (χ4v) is 1.49. The number of hydrogen-bond donors (Lipinski definition) is 0. The van der Waals surface area contributed by atoms with Crippen molar-refractivity contribution < 1.29 is 99.8 Å². The molecule has 198 valence electrons. The Morgan fingerprint density at radius 1 is 0.278 bits per heavy atom. The van der Waals surface area contributed by atoms with Gasteiger partial charge in [-0.25, -0.2) is 26.3 Å².